The highest BCUT2D eigenvalue weighted by Gasteiger charge is 2.74. The van der Waals surface area contributed by atoms with Gasteiger partial charge < -0.3 is 24.3 Å². The number of methoxy groups -OCH3 is 1. The van der Waals surface area contributed by atoms with E-state index in [1.807, 2.05) is 0 Å². The van der Waals surface area contributed by atoms with Gasteiger partial charge in [0.05, 0.1) is 25.9 Å². The molecule has 11 nitrogen and oxygen atoms in total. The maximum Gasteiger partial charge on any atom is 0.412 e. The van der Waals surface area contributed by atoms with E-state index in [0.29, 0.717) is 12.9 Å². The number of halogens is 6. The van der Waals surface area contributed by atoms with Crippen LogP contribution >= 0.6 is 0 Å². The molecule has 1 saturated carbocycles. The molecule has 1 aromatic rings. The third kappa shape index (κ3) is 10.8. The standard InChI is InChI=1S/C26H34F6N4O5.C2H4O2/c1-7-8-16(3)36-10-9-17(33-22(40)41-23(4,5)6)19(20(36)38)34-18(37)12-35(11-15(2)27)21(39)24(26(30,31)32)13-25(28,29)14-24;1-4-2-3/h7,9-10,15-16H,1,8,11-14H2,2-6H3,(H,33,40)(H,34,37);2H,1H3. The molecule has 0 aromatic carbocycles. The molecule has 254 valence electrons. The number of pyridine rings is 1. The third-order valence-electron chi connectivity index (χ3n) is 6.26. The summed E-state index contributed by atoms with van der Waals surface area (Å²) < 4.78 is 92.5. The predicted molar refractivity (Wildman–Crippen MR) is 152 cm³/mol. The van der Waals surface area contributed by atoms with E-state index in [9.17, 15) is 45.5 Å². The van der Waals surface area contributed by atoms with Crippen LogP contribution in [-0.2, 0) is 23.9 Å². The number of alkyl halides is 6. The summed E-state index contributed by atoms with van der Waals surface area (Å²) in [6.07, 6.45) is -8.80. The maximum absolute atomic E-state index is 13.9. The zero-order valence-corrected chi connectivity index (χ0v) is 25.7. The molecule has 1 aliphatic rings. The van der Waals surface area contributed by atoms with Crippen LogP contribution in [0.25, 0.3) is 0 Å². The van der Waals surface area contributed by atoms with E-state index in [4.69, 9.17) is 9.53 Å². The second-order valence-electron chi connectivity index (χ2n) is 11.5. The van der Waals surface area contributed by atoms with Gasteiger partial charge in [-0.2, -0.15) is 13.2 Å². The van der Waals surface area contributed by atoms with Gasteiger partial charge in [0.1, 0.15) is 17.5 Å². The summed E-state index contributed by atoms with van der Waals surface area (Å²) in [5, 5.41) is 4.48. The Bertz CT molecular complexity index is 1280. The Morgan fingerprint density at radius 3 is 2.13 bits per heavy atom. The molecule has 2 rings (SSSR count). The first-order valence-electron chi connectivity index (χ1n) is 13.5. The van der Waals surface area contributed by atoms with E-state index in [-0.39, 0.29) is 10.6 Å². The molecular weight excluding hydrogens is 618 g/mol. The van der Waals surface area contributed by atoms with Gasteiger partial charge in [-0.3, -0.25) is 24.5 Å². The Morgan fingerprint density at radius 2 is 1.71 bits per heavy atom. The first-order chi connectivity index (χ1) is 20.5. The average Bonchev–Trinajstić information content (AvgIpc) is 2.86. The minimum atomic E-state index is -5.39. The first kappa shape index (κ1) is 39.0. The molecule has 2 unspecified atom stereocenters. The fourth-order valence-electron chi connectivity index (χ4n) is 4.37. The lowest BCUT2D eigenvalue weighted by Gasteiger charge is -2.48. The number of carbonyl (C=O) groups is 4. The van der Waals surface area contributed by atoms with Gasteiger partial charge in [-0.1, -0.05) is 6.08 Å². The van der Waals surface area contributed by atoms with E-state index in [1.54, 1.807) is 27.7 Å². The summed E-state index contributed by atoms with van der Waals surface area (Å²) >= 11 is 0. The third-order valence-corrected chi connectivity index (χ3v) is 6.26. The van der Waals surface area contributed by atoms with Crippen LogP contribution in [-0.4, -0.2) is 77.9 Å². The van der Waals surface area contributed by atoms with Gasteiger partial charge in [-0.05, 0) is 47.1 Å². The van der Waals surface area contributed by atoms with Crippen molar-refractivity contribution in [1.82, 2.24) is 9.47 Å². The molecule has 3 amide bonds. The number of rotatable bonds is 11. The Labute approximate surface area is 255 Å². The van der Waals surface area contributed by atoms with Crippen LogP contribution in [0, 0.1) is 5.41 Å². The minimum Gasteiger partial charge on any atom is -0.471 e. The summed E-state index contributed by atoms with van der Waals surface area (Å²) in [5.74, 6) is -6.88. The number of nitrogens with one attached hydrogen (secondary N) is 2. The lowest BCUT2D eigenvalue weighted by Crippen LogP contribution is -2.64. The van der Waals surface area contributed by atoms with Crippen LogP contribution < -0.4 is 16.2 Å². The number of ether oxygens (including phenoxy) is 2. The quantitative estimate of drug-likeness (QED) is 0.189. The predicted octanol–water partition coefficient (Wildman–Crippen LogP) is 5.22. The van der Waals surface area contributed by atoms with E-state index in [0.717, 1.165) is 6.92 Å². The van der Waals surface area contributed by atoms with Crippen LogP contribution in [0.5, 0.6) is 0 Å². The molecule has 0 spiro atoms. The van der Waals surface area contributed by atoms with Gasteiger partial charge in [-0.25, -0.2) is 18.0 Å². The second-order valence-corrected chi connectivity index (χ2v) is 11.5. The molecule has 2 atom stereocenters. The number of amides is 3. The molecular formula is C28H38F6N4O7. The lowest BCUT2D eigenvalue weighted by molar-refractivity contribution is -0.299. The summed E-state index contributed by atoms with van der Waals surface area (Å²) in [6, 6.07) is 0.797. The molecule has 2 N–H and O–H groups in total. The maximum atomic E-state index is 13.9. The van der Waals surface area contributed by atoms with Crippen LogP contribution in [0.15, 0.2) is 29.7 Å². The number of aromatic nitrogens is 1. The van der Waals surface area contributed by atoms with E-state index in [1.165, 1.54) is 30.0 Å². The molecule has 45 heavy (non-hydrogen) atoms. The minimum absolute atomic E-state index is 0.200. The van der Waals surface area contributed by atoms with Crippen molar-refractivity contribution in [1.29, 1.82) is 0 Å². The van der Waals surface area contributed by atoms with Gasteiger partial charge in [0, 0.05) is 25.1 Å². The average molecular weight is 657 g/mol. The number of nitrogens with zero attached hydrogens (tertiary/aromatic N) is 2. The largest absolute Gasteiger partial charge is 0.471 e. The molecule has 0 radical (unpaired) electrons. The Hall–Kier alpha value is -4.05. The van der Waals surface area contributed by atoms with Crippen molar-refractivity contribution in [2.45, 2.75) is 83.8 Å². The van der Waals surface area contributed by atoms with Crippen LogP contribution in [0.4, 0.5) is 42.5 Å². The van der Waals surface area contributed by atoms with Crippen molar-refractivity contribution in [3.05, 3.63) is 35.3 Å². The fourth-order valence-corrected chi connectivity index (χ4v) is 4.37. The van der Waals surface area contributed by atoms with E-state index in [2.05, 4.69) is 21.9 Å². The Morgan fingerprint density at radius 1 is 1.16 bits per heavy atom. The summed E-state index contributed by atoms with van der Waals surface area (Å²) in [6.45, 7) is 9.06. The molecule has 1 aromatic heterocycles. The number of carbonyl (C=O) groups excluding carboxylic acids is 4. The highest BCUT2D eigenvalue weighted by molar-refractivity contribution is 6.00. The Balaban J connectivity index is 0.00000238. The summed E-state index contributed by atoms with van der Waals surface area (Å²) in [5.41, 5.74) is -6.00. The molecule has 0 saturated heterocycles. The summed E-state index contributed by atoms with van der Waals surface area (Å²) in [7, 11) is 1.31. The molecule has 0 aliphatic heterocycles. The van der Waals surface area contributed by atoms with Crippen molar-refractivity contribution in [2.75, 3.05) is 30.8 Å². The normalized spacial score (nSPS) is 16.4. The van der Waals surface area contributed by atoms with Crippen molar-refractivity contribution in [3.63, 3.8) is 0 Å². The fraction of sp³-hybridized carbons (Fsp3) is 0.607. The molecule has 0 bridgehead atoms. The van der Waals surface area contributed by atoms with Gasteiger partial charge in [0.25, 0.3) is 18.0 Å². The molecule has 17 heteroatoms. The molecule has 1 aliphatic carbocycles. The van der Waals surface area contributed by atoms with Crippen molar-refractivity contribution in [2.24, 2.45) is 5.41 Å². The number of anilines is 2. The SMILES string of the molecule is C=CCC(C)n1ccc(NC(=O)OC(C)(C)C)c(NC(=O)CN(CC(C)F)C(=O)C2(C(F)(F)F)CC(F)(F)C2)c1=O.COC=O. The van der Waals surface area contributed by atoms with Crippen molar-refractivity contribution in [3.8, 4) is 0 Å². The van der Waals surface area contributed by atoms with Gasteiger partial charge in [0.2, 0.25) is 11.8 Å². The van der Waals surface area contributed by atoms with Crippen molar-refractivity contribution < 1.29 is 55.0 Å². The summed E-state index contributed by atoms with van der Waals surface area (Å²) in [4.78, 5) is 60.7. The van der Waals surface area contributed by atoms with Gasteiger partial charge >= 0.3 is 12.3 Å². The Kier molecular flexibility index (Phi) is 13.2. The highest BCUT2D eigenvalue weighted by atomic mass is 19.4. The van der Waals surface area contributed by atoms with Gasteiger partial charge in [-0.15, -0.1) is 6.58 Å². The first-order valence-corrected chi connectivity index (χ1v) is 13.5. The number of hydrogen-bond acceptors (Lipinski definition) is 7. The smallest absolute Gasteiger partial charge is 0.412 e. The molecule has 1 fully saturated rings. The zero-order valence-electron chi connectivity index (χ0n) is 25.7. The topological polar surface area (TPSA) is 136 Å². The van der Waals surface area contributed by atoms with E-state index >= 15 is 0 Å². The number of allylic oxidation sites excluding steroid dienone is 1. The van der Waals surface area contributed by atoms with E-state index < -0.39 is 90.4 Å². The van der Waals surface area contributed by atoms with Crippen LogP contribution in [0.2, 0.25) is 0 Å². The van der Waals surface area contributed by atoms with Crippen molar-refractivity contribution >= 4 is 35.8 Å². The van der Waals surface area contributed by atoms with Crippen LogP contribution in [0.1, 0.15) is 59.9 Å². The highest BCUT2D eigenvalue weighted by Crippen LogP contribution is 2.60. The monoisotopic (exact) mass is 656 g/mol. The zero-order chi connectivity index (χ0) is 35.0. The molecule has 1 heterocycles. The van der Waals surface area contributed by atoms with Gasteiger partial charge in [0.15, 0.2) is 5.41 Å². The number of hydrogen-bond donors (Lipinski definition) is 2. The second kappa shape index (κ2) is 15.3. The van der Waals surface area contributed by atoms with Crippen LogP contribution in [0.3, 0.4) is 0 Å². The lowest BCUT2D eigenvalue weighted by atomic mass is 9.64.